The molecule has 0 aliphatic carbocycles. The van der Waals surface area contributed by atoms with Gasteiger partial charge in [0.1, 0.15) is 0 Å². The van der Waals surface area contributed by atoms with Gasteiger partial charge in [-0.3, -0.25) is 4.79 Å². The molecule has 128 valence electrons. The molecule has 0 N–H and O–H groups in total. The minimum atomic E-state index is -3.73. The number of sulfone groups is 1. The lowest BCUT2D eigenvalue weighted by molar-refractivity contribution is -0.140. The highest BCUT2D eigenvalue weighted by atomic mass is 32.2. The third kappa shape index (κ3) is 3.71. The largest absolute Gasteiger partial charge is 0.342 e. The van der Waals surface area contributed by atoms with Gasteiger partial charge in [-0.15, -0.1) is 0 Å². The molecule has 1 aromatic carbocycles. The molecule has 1 heterocycles. The van der Waals surface area contributed by atoms with Crippen molar-refractivity contribution in [1.82, 2.24) is 4.90 Å². The van der Waals surface area contributed by atoms with Crippen molar-refractivity contribution in [1.29, 1.82) is 0 Å². The van der Waals surface area contributed by atoms with Gasteiger partial charge in [-0.25, -0.2) is 17.2 Å². The molecule has 4 nitrogen and oxygen atoms in total. The summed E-state index contributed by atoms with van der Waals surface area (Å²) >= 11 is 0. The first kappa shape index (κ1) is 17.8. The van der Waals surface area contributed by atoms with Gasteiger partial charge < -0.3 is 4.90 Å². The van der Waals surface area contributed by atoms with Crippen LogP contribution in [-0.4, -0.2) is 37.6 Å². The first-order valence-corrected chi connectivity index (χ1v) is 9.06. The summed E-state index contributed by atoms with van der Waals surface area (Å²) < 4.78 is 51.3. The zero-order valence-electron chi connectivity index (χ0n) is 13.5. The summed E-state index contributed by atoms with van der Waals surface area (Å²) in [4.78, 5) is 13.7. The molecule has 0 atom stereocenters. The van der Waals surface area contributed by atoms with E-state index in [1.54, 1.807) is 4.90 Å². The topological polar surface area (TPSA) is 54.5 Å². The Morgan fingerprint density at radius 3 is 2.17 bits per heavy atom. The van der Waals surface area contributed by atoms with Gasteiger partial charge in [0.15, 0.2) is 21.5 Å². The molecule has 0 spiro atoms. The molecule has 1 amide bonds. The molecule has 1 aromatic rings. The van der Waals surface area contributed by atoms with E-state index in [1.807, 2.05) is 20.8 Å². The van der Waals surface area contributed by atoms with Crippen molar-refractivity contribution < 1.29 is 22.0 Å². The van der Waals surface area contributed by atoms with Gasteiger partial charge in [0.2, 0.25) is 5.91 Å². The Morgan fingerprint density at radius 1 is 1.13 bits per heavy atom. The van der Waals surface area contributed by atoms with E-state index in [9.17, 15) is 22.0 Å². The highest BCUT2D eigenvalue weighted by molar-refractivity contribution is 7.92. The standard InChI is InChI=1S/C16H21F2NO3S/c1-16(2,3)15(20)19-8-6-11(7-9-19)23(21,22)12-4-5-13(17)14(18)10-12/h4-5,10-11H,6-9H2,1-3H3. The van der Waals surface area contributed by atoms with Crippen LogP contribution in [0.5, 0.6) is 0 Å². The molecule has 2 rings (SSSR count). The molecule has 1 saturated heterocycles. The van der Waals surface area contributed by atoms with Crippen LogP contribution in [0.3, 0.4) is 0 Å². The van der Waals surface area contributed by atoms with Crippen molar-refractivity contribution in [2.24, 2.45) is 5.41 Å². The maximum atomic E-state index is 13.3. The van der Waals surface area contributed by atoms with E-state index in [2.05, 4.69) is 0 Å². The number of carbonyl (C=O) groups excluding carboxylic acids is 1. The summed E-state index contributed by atoms with van der Waals surface area (Å²) in [5, 5.41) is -0.684. The normalized spacial score (nSPS) is 17.3. The summed E-state index contributed by atoms with van der Waals surface area (Å²) in [5.74, 6) is -2.26. The average Bonchev–Trinajstić information content (AvgIpc) is 2.48. The number of hydrogen-bond donors (Lipinski definition) is 0. The minimum absolute atomic E-state index is 0.0128. The number of halogens is 2. The van der Waals surface area contributed by atoms with Crippen molar-refractivity contribution in [3.63, 3.8) is 0 Å². The number of benzene rings is 1. The Labute approximate surface area is 135 Å². The Bertz CT molecular complexity index is 703. The highest BCUT2D eigenvalue weighted by Gasteiger charge is 2.35. The monoisotopic (exact) mass is 345 g/mol. The molecule has 0 unspecified atom stereocenters. The maximum Gasteiger partial charge on any atom is 0.227 e. The molecule has 1 aliphatic heterocycles. The fourth-order valence-electron chi connectivity index (χ4n) is 2.69. The second kappa shape index (κ2) is 6.19. The zero-order valence-corrected chi connectivity index (χ0v) is 14.3. The van der Waals surface area contributed by atoms with Crippen LogP contribution in [0.25, 0.3) is 0 Å². The molecule has 0 bridgehead atoms. The highest BCUT2D eigenvalue weighted by Crippen LogP contribution is 2.27. The van der Waals surface area contributed by atoms with Gasteiger partial charge in [-0.1, -0.05) is 20.8 Å². The molecule has 1 aliphatic rings. The van der Waals surface area contributed by atoms with Crippen LogP contribution >= 0.6 is 0 Å². The molecule has 0 aromatic heterocycles. The third-order valence-corrected chi connectivity index (χ3v) is 6.29. The van der Waals surface area contributed by atoms with E-state index in [1.165, 1.54) is 0 Å². The fourth-order valence-corrected chi connectivity index (χ4v) is 4.43. The summed E-state index contributed by atoms with van der Waals surface area (Å²) in [5.41, 5.74) is -0.508. The van der Waals surface area contributed by atoms with Gasteiger partial charge in [0.05, 0.1) is 10.1 Å². The van der Waals surface area contributed by atoms with Gasteiger partial charge >= 0.3 is 0 Å². The van der Waals surface area contributed by atoms with Gasteiger partial charge in [-0.2, -0.15) is 0 Å². The molecule has 23 heavy (non-hydrogen) atoms. The number of carbonyl (C=O) groups is 1. The zero-order chi connectivity index (χ0) is 17.4. The van der Waals surface area contributed by atoms with Crippen LogP contribution in [0.15, 0.2) is 23.1 Å². The van der Waals surface area contributed by atoms with E-state index in [4.69, 9.17) is 0 Å². The van der Waals surface area contributed by atoms with Crippen LogP contribution in [0.2, 0.25) is 0 Å². The molecule has 1 fully saturated rings. The number of rotatable bonds is 2. The third-order valence-electron chi connectivity index (χ3n) is 4.03. The Morgan fingerprint density at radius 2 is 1.70 bits per heavy atom. The molecular weight excluding hydrogens is 324 g/mol. The number of piperidine rings is 1. The summed E-state index contributed by atoms with van der Waals surface area (Å²) in [6.07, 6.45) is 0.590. The van der Waals surface area contributed by atoms with Gasteiger partial charge in [0.25, 0.3) is 0 Å². The summed E-state index contributed by atoms with van der Waals surface area (Å²) in [6.45, 7) is 6.16. The summed E-state index contributed by atoms with van der Waals surface area (Å²) in [6, 6.07) is 2.62. The van der Waals surface area contributed by atoms with Crippen molar-refractivity contribution in [2.45, 2.75) is 43.8 Å². The van der Waals surface area contributed by atoms with E-state index < -0.39 is 32.1 Å². The first-order chi connectivity index (χ1) is 10.5. The van der Waals surface area contributed by atoms with Crippen LogP contribution in [0, 0.1) is 17.0 Å². The van der Waals surface area contributed by atoms with Crippen LogP contribution in [-0.2, 0) is 14.6 Å². The van der Waals surface area contributed by atoms with Crippen molar-refractivity contribution >= 4 is 15.7 Å². The number of likely N-dealkylation sites (tertiary alicyclic amines) is 1. The lowest BCUT2D eigenvalue weighted by Gasteiger charge is -2.35. The Kier molecular flexibility index (Phi) is 4.80. The molecule has 0 radical (unpaired) electrons. The van der Waals surface area contributed by atoms with E-state index in [0.29, 0.717) is 25.9 Å². The Balaban J connectivity index is 2.12. The molecule has 0 saturated carbocycles. The number of amides is 1. The minimum Gasteiger partial charge on any atom is -0.342 e. The SMILES string of the molecule is CC(C)(C)C(=O)N1CCC(S(=O)(=O)c2ccc(F)c(F)c2)CC1. The first-order valence-electron chi connectivity index (χ1n) is 7.52. The smallest absolute Gasteiger partial charge is 0.227 e. The quantitative estimate of drug-likeness (QED) is 0.775. The number of nitrogens with zero attached hydrogens (tertiary/aromatic N) is 1. The van der Waals surface area contributed by atoms with E-state index >= 15 is 0 Å². The predicted molar refractivity (Wildman–Crippen MR) is 82.6 cm³/mol. The van der Waals surface area contributed by atoms with Gasteiger partial charge in [-0.05, 0) is 31.0 Å². The average molecular weight is 345 g/mol. The van der Waals surface area contributed by atoms with E-state index in [0.717, 1.165) is 18.2 Å². The lowest BCUT2D eigenvalue weighted by atomic mass is 9.93. The lowest BCUT2D eigenvalue weighted by Crippen LogP contribution is -2.46. The predicted octanol–water partition coefficient (Wildman–Crippen LogP) is 2.78. The summed E-state index contributed by atoms with van der Waals surface area (Å²) in [7, 11) is -3.73. The molecular formula is C16H21F2NO3S. The van der Waals surface area contributed by atoms with Crippen molar-refractivity contribution in [2.75, 3.05) is 13.1 Å². The van der Waals surface area contributed by atoms with Crippen molar-refractivity contribution in [3.8, 4) is 0 Å². The van der Waals surface area contributed by atoms with Crippen LogP contribution < -0.4 is 0 Å². The van der Waals surface area contributed by atoms with E-state index in [-0.39, 0.29) is 10.8 Å². The fraction of sp³-hybridized carbons (Fsp3) is 0.562. The van der Waals surface area contributed by atoms with Crippen molar-refractivity contribution in [3.05, 3.63) is 29.8 Å². The maximum absolute atomic E-state index is 13.3. The van der Waals surface area contributed by atoms with Crippen LogP contribution in [0.1, 0.15) is 33.6 Å². The second-order valence-electron chi connectivity index (χ2n) is 6.86. The van der Waals surface area contributed by atoms with Crippen LogP contribution in [0.4, 0.5) is 8.78 Å². The molecule has 7 heteroatoms. The second-order valence-corrected chi connectivity index (χ2v) is 9.09. The number of hydrogen-bond acceptors (Lipinski definition) is 3. The van der Waals surface area contributed by atoms with Gasteiger partial charge in [0, 0.05) is 18.5 Å². The Hall–Kier alpha value is -1.50.